The quantitative estimate of drug-likeness (QED) is 0.717. The zero-order valence-corrected chi connectivity index (χ0v) is 17.8. The highest BCUT2D eigenvalue weighted by atomic mass is 32.2. The molecule has 0 aromatic heterocycles. The molecule has 9 nitrogen and oxygen atoms in total. The molecule has 1 aromatic rings. The molecule has 1 N–H and O–H groups in total. The number of nitrogens with one attached hydrogen (secondary N) is 1. The van der Waals surface area contributed by atoms with E-state index in [9.17, 15) is 22.8 Å². The van der Waals surface area contributed by atoms with Crippen molar-refractivity contribution < 1.29 is 22.8 Å². The van der Waals surface area contributed by atoms with Gasteiger partial charge >= 0.3 is 0 Å². The van der Waals surface area contributed by atoms with E-state index in [4.69, 9.17) is 0 Å². The molecule has 3 rings (SSSR count). The molecule has 164 valence electrons. The van der Waals surface area contributed by atoms with Crippen LogP contribution in [0.3, 0.4) is 0 Å². The molecule has 2 saturated heterocycles. The summed E-state index contributed by atoms with van der Waals surface area (Å²) in [6.45, 7) is 1.88. The molecule has 0 unspecified atom stereocenters. The number of likely N-dealkylation sites (tertiary alicyclic amines) is 1. The van der Waals surface area contributed by atoms with E-state index in [0.29, 0.717) is 39.0 Å². The topological polar surface area (TPSA) is 107 Å². The Morgan fingerprint density at radius 2 is 1.70 bits per heavy atom. The summed E-state index contributed by atoms with van der Waals surface area (Å²) in [4.78, 5) is 40.0. The fourth-order valence-corrected chi connectivity index (χ4v) is 5.17. The fourth-order valence-electron chi connectivity index (χ4n) is 3.67. The van der Waals surface area contributed by atoms with E-state index >= 15 is 0 Å². The van der Waals surface area contributed by atoms with Crippen LogP contribution >= 0.6 is 0 Å². The SMILES string of the molecule is O=C1CCN(S(=O)(=O)c2ccccc2)CCCN(C(=O)CN2CCCC2=O)CCN1. The van der Waals surface area contributed by atoms with Gasteiger partial charge in [0.1, 0.15) is 0 Å². The summed E-state index contributed by atoms with van der Waals surface area (Å²) in [7, 11) is -3.73. The van der Waals surface area contributed by atoms with Gasteiger partial charge in [-0.2, -0.15) is 4.31 Å². The fraction of sp³-hybridized carbons (Fsp3) is 0.550. The van der Waals surface area contributed by atoms with Crippen molar-refractivity contribution in [3.63, 3.8) is 0 Å². The number of rotatable bonds is 4. The molecule has 0 spiro atoms. The molecule has 0 saturated carbocycles. The van der Waals surface area contributed by atoms with Crippen LogP contribution in [-0.2, 0) is 24.4 Å². The molecular weight excluding hydrogens is 408 g/mol. The van der Waals surface area contributed by atoms with Crippen molar-refractivity contribution in [3.8, 4) is 0 Å². The Bertz CT molecular complexity index is 874. The van der Waals surface area contributed by atoms with Crippen LogP contribution in [0.15, 0.2) is 35.2 Å². The number of nitrogens with zero attached hydrogens (tertiary/aromatic N) is 3. The van der Waals surface area contributed by atoms with E-state index in [0.717, 1.165) is 6.42 Å². The molecule has 0 bridgehead atoms. The predicted octanol–water partition coefficient (Wildman–Crippen LogP) is 0.0383. The number of hydrogen-bond acceptors (Lipinski definition) is 5. The minimum Gasteiger partial charge on any atom is -0.354 e. The third kappa shape index (κ3) is 5.57. The van der Waals surface area contributed by atoms with Crippen LogP contribution in [0.5, 0.6) is 0 Å². The number of amides is 3. The van der Waals surface area contributed by atoms with Crippen molar-refractivity contribution in [1.29, 1.82) is 0 Å². The maximum Gasteiger partial charge on any atom is 0.243 e. The van der Waals surface area contributed by atoms with Crippen LogP contribution in [0.4, 0.5) is 0 Å². The lowest BCUT2D eigenvalue weighted by molar-refractivity contribution is -0.138. The van der Waals surface area contributed by atoms with Gasteiger partial charge in [-0.05, 0) is 25.0 Å². The van der Waals surface area contributed by atoms with Crippen molar-refractivity contribution in [2.75, 3.05) is 45.8 Å². The highest BCUT2D eigenvalue weighted by Crippen LogP contribution is 2.17. The summed E-state index contributed by atoms with van der Waals surface area (Å²) < 4.78 is 27.3. The number of carbonyl (C=O) groups excluding carboxylic acids is 3. The summed E-state index contributed by atoms with van der Waals surface area (Å²) in [6, 6.07) is 8.12. The Morgan fingerprint density at radius 1 is 0.933 bits per heavy atom. The highest BCUT2D eigenvalue weighted by Gasteiger charge is 2.27. The van der Waals surface area contributed by atoms with Gasteiger partial charge < -0.3 is 15.1 Å². The van der Waals surface area contributed by atoms with Gasteiger partial charge in [-0.15, -0.1) is 0 Å². The van der Waals surface area contributed by atoms with Gasteiger partial charge in [-0.25, -0.2) is 8.42 Å². The molecule has 0 radical (unpaired) electrons. The van der Waals surface area contributed by atoms with Crippen LogP contribution in [0.2, 0.25) is 0 Å². The zero-order valence-electron chi connectivity index (χ0n) is 17.0. The Hall–Kier alpha value is -2.46. The third-order valence-electron chi connectivity index (χ3n) is 5.36. The molecule has 10 heteroatoms. The number of carbonyl (C=O) groups is 3. The maximum absolute atomic E-state index is 13.0. The molecule has 2 fully saturated rings. The van der Waals surface area contributed by atoms with Gasteiger partial charge in [0, 0.05) is 52.1 Å². The molecule has 2 heterocycles. The van der Waals surface area contributed by atoms with Gasteiger partial charge in [0.05, 0.1) is 11.4 Å². The Morgan fingerprint density at radius 3 is 2.40 bits per heavy atom. The third-order valence-corrected chi connectivity index (χ3v) is 7.27. The summed E-state index contributed by atoms with van der Waals surface area (Å²) >= 11 is 0. The van der Waals surface area contributed by atoms with Gasteiger partial charge in [0.25, 0.3) is 0 Å². The number of sulfonamides is 1. The van der Waals surface area contributed by atoms with Crippen LogP contribution in [0, 0.1) is 0 Å². The second kappa shape index (κ2) is 10.0. The smallest absolute Gasteiger partial charge is 0.243 e. The first-order valence-electron chi connectivity index (χ1n) is 10.3. The first-order chi connectivity index (χ1) is 14.4. The van der Waals surface area contributed by atoms with Gasteiger partial charge in [0.15, 0.2) is 0 Å². The van der Waals surface area contributed by atoms with Gasteiger partial charge in [0.2, 0.25) is 27.7 Å². The van der Waals surface area contributed by atoms with Crippen molar-refractivity contribution in [1.82, 2.24) is 19.4 Å². The Labute approximate surface area is 177 Å². The monoisotopic (exact) mass is 436 g/mol. The van der Waals surface area contributed by atoms with E-state index in [1.54, 1.807) is 28.0 Å². The molecule has 30 heavy (non-hydrogen) atoms. The second-order valence-corrected chi connectivity index (χ2v) is 9.41. The number of hydrogen-bond donors (Lipinski definition) is 1. The largest absolute Gasteiger partial charge is 0.354 e. The molecule has 3 amide bonds. The summed E-state index contributed by atoms with van der Waals surface area (Å²) in [5, 5.41) is 2.74. The van der Waals surface area contributed by atoms with E-state index in [-0.39, 0.29) is 48.7 Å². The van der Waals surface area contributed by atoms with Crippen molar-refractivity contribution >= 4 is 27.7 Å². The number of benzene rings is 1. The minimum absolute atomic E-state index is 0.0188. The predicted molar refractivity (Wildman–Crippen MR) is 110 cm³/mol. The molecule has 2 aliphatic heterocycles. The van der Waals surface area contributed by atoms with Gasteiger partial charge in [-0.3, -0.25) is 14.4 Å². The molecule has 2 aliphatic rings. The van der Waals surface area contributed by atoms with Crippen LogP contribution < -0.4 is 5.32 Å². The standard InChI is InChI=1S/C20H28N4O5S/c25-18-9-14-24(30(28,29)17-6-2-1-3-7-17)13-5-12-22(15-10-21-18)20(27)16-23-11-4-8-19(23)26/h1-3,6-7H,4-5,8-16H2,(H,21,25). The molecule has 1 aromatic carbocycles. The molecule has 0 atom stereocenters. The van der Waals surface area contributed by atoms with Crippen LogP contribution in [0.1, 0.15) is 25.7 Å². The van der Waals surface area contributed by atoms with Crippen molar-refractivity contribution in [2.24, 2.45) is 0 Å². The summed E-state index contributed by atoms with van der Waals surface area (Å²) in [6.07, 6.45) is 1.73. The Balaban J connectivity index is 1.69. The lowest BCUT2D eigenvalue weighted by Crippen LogP contribution is -2.44. The normalized spacial score (nSPS) is 20.0. The van der Waals surface area contributed by atoms with E-state index in [1.807, 2.05) is 0 Å². The first kappa shape index (κ1) is 22.2. The highest BCUT2D eigenvalue weighted by molar-refractivity contribution is 7.89. The molecule has 0 aliphatic carbocycles. The van der Waals surface area contributed by atoms with E-state index in [1.165, 1.54) is 16.4 Å². The van der Waals surface area contributed by atoms with Gasteiger partial charge in [-0.1, -0.05) is 18.2 Å². The molecular formula is C20H28N4O5S. The first-order valence-corrected chi connectivity index (χ1v) is 11.7. The lowest BCUT2D eigenvalue weighted by Gasteiger charge is -2.26. The van der Waals surface area contributed by atoms with Crippen LogP contribution in [-0.4, -0.2) is 86.1 Å². The van der Waals surface area contributed by atoms with E-state index in [2.05, 4.69) is 5.32 Å². The van der Waals surface area contributed by atoms with Crippen molar-refractivity contribution in [2.45, 2.75) is 30.6 Å². The van der Waals surface area contributed by atoms with Crippen molar-refractivity contribution in [3.05, 3.63) is 30.3 Å². The average molecular weight is 437 g/mol. The lowest BCUT2D eigenvalue weighted by atomic mass is 10.3. The van der Waals surface area contributed by atoms with Crippen LogP contribution in [0.25, 0.3) is 0 Å². The average Bonchev–Trinajstić information content (AvgIpc) is 3.11. The van der Waals surface area contributed by atoms with E-state index < -0.39 is 10.0 Å². The summed E-state index contributed by atoms with van der Waals surface area (Å²) in [5.41, 5.74) is 0. The second-order valence-electron chi connectivity index (χ2n) is 7.47. The minimum atomic E-state index is -3.73. The summed E-state index contributed by atoms with van der Waals surface area (Å²) in [5.74, 6) is -0.460. The maximum atomic E-state index is 13.0. The Kier molecular flexibility index (Phi) is 7.43. The zero-order chi connectivity index (χ0) is 21.6.